The molecular weight excluding hydrogens is 314 g/mol. The molecule has 0 radical (unpaired) electrons. The minimum absolute atomic E-state index is 0.144. The summed E-state index contributed by atoms with van der Waals surface area (Å²) in [5.41, 5.74) is 2.15. The van der Waals surface area contributed by atoms with E-state index >= 15 is 0 Å². The summed E-state index contributed by atoms with van der Waals surface area (Å²) in [7, 11) is 0. The highest BCUT2D eigenvalue weighted by molar-refractivity contribution is 5.81. The van der Waals surface area contributed by atoms with E-state index in [9.17, 15) is 18.7 Å². The molecule has 1 aliphatic carbocycles. The van der Waals surface area contributed by atoms with Crippen molar-refractivity contribution in [1.82, 2.24) is 0 Å². The Kier molecular flexibility index (Phi) is 4.24. The molecule has 3 nitrogen and oxygen atoms in total. The summed E-state index contributed by atoms with van der Waals surface area (Å²) < 4.78 is 32.9. The van der Waals surface area contributed by atoms with Gasteiger partial charge in [0.1, 0.15) is 11.3 Å². The summed E-state index contributed by atoms with van der Waals surface area (Å²) in [5.74, 6) is -2.30. The van der Waals surface area contributed by atoms with Crippen molar-refractivity contribution in [3.05, 3.63) is 44.8 Å². The number of fused-ring (bicyclic) bond motifs is 1. The fraction of sp³-hybridized carbons (Fsp3) is 0.526. The van der Waals surface area contributed by atoms with Crippen molar-refractivity contribution in [2.75, 3.05) is 0 Å². The van der Waals surface area contributed by atoms with Crippen LogP contribution in [0.5, 0.6) is 0 Å². The molecule has 1 atom stereocenters. The van der Waals surface area contributed by atoms with Gasteiger partial charge in [-0.15, -0.1) is 0 Å². The first-order valence-corrected chi connectivity index (χ1v) is 8.33. The topological polar surface area (TPSA) is 50.4 Å². The number of aliphatic hydroxyl groups is 1. The summed E-state index contributed by atoms with van der Waals surface area (Å²) in [6.07, 6.45) is -0.538. The lowest BCUT2D eigenvalue weighted by atomic mass is 9.83. The molecule has 0 amide bonds. The molecule has 0 aliphatic heterocycles. The van der Waals surface area contributed by atoms with Crippen molar-refractivity contribution < 1.29 is 18.3 Å². The highest BCUT2D eigenvalue weighted by atomic mass is 19.3. The average Bonchev–Trinajstić information content (AvgIpc) is 2.51. The molecule has 24 heavy (non-hydrogen) atoms. The van der Waals surface area contributed by atoms with Crippen molar-refractivity contribution in [3.8, 4) is 0 Å². The second kappa shape index (κ2) is 5.96. The molecule has 1 saturated carbocycles. The maximum absolute atomic E-state index is 13.4. The number of hydrogen-bond donors (Lipinski definition) is 1. The average molecular weight is 336 g/mol. The van der Waals surface area contributed by atoms with E-state index in [0.717, 1.165) is 5.56 Å². The second-order valence-electron chi connectivity index (χ2n) is 6.96. The normalized spacial score (nSPS) is 19.6. The number of alkyl halides is 2. The fourth-order valence-corrected chi connectivity index (χ4v) is 3.59. The molecule has 2 aromatic rings. The lowest BCUT2D eigenvalue weighted by Gasteiger charge is -2.28. The second-order valence-corrected chi connectivity index (χ2v) is 6.96. The Labute approximate surface area is 139 Å². The maximum Gasteiger partial charge on any atom is 0.248 e. The first-order valence-electron chi connectivity index (χ1n) is 8.33. The molecule has 1 fully saturated rings. The molecule has 5 heteroatoms. The van der Waals surface area contributed by atoms with Gasteiger partial charge in [0.15, 0.2) is 5.43 Å². The highest BCUT2D eigenvalue weighted by Gasteiger charge is 2.37. The van der Waals surface area contributed by atoms with Crippen molar-refractivity contribution >= 4 is 11.0 Å². The van der Waals surface area contributed by atoms with Gasteiger partial charge < -0.3 is 9.52 Å². The van der Waals surface area contributed by atoms with Crippen LogP contribution in [0.4, 0.5) is 8.78 Å². The zero-order chi connectivity index (χ0) is 17.6. The molecule has 1 aromatic carbocycles. The Balaban J connectivity index is 2.17. The molecule has 0 spiro atoms. The van der Waals surface area contributed by atoms with Crippen LogP contribution in [0.25, 0.3) is 11.0 Å². The van der Waals surface area contributed by atoms with E-state index in [1.807, 2.05) is 6.92 Å². The van der Waals surface area contributed by atoms with E-state index in [0.29, 0.717) is 40.7 Å². The van der Waals surface area contributed by atoms with Crippen LogP contribution < -0.4 is 5.43 Å². The molecule has 0 bridgehead atoms. The Hall–Kier alpha value is -1.75. The highest BCUT2D eigenvalue weighted by Crippen LogP contribution is 2.42. The number of benzene rings is 1. The minimum Gasteiger partial charge on any atom is -0.460 e. The van der Waals surface area contributed by atoms with Gasteiger partial charge in [-0.1, -0.05) is 0 Å². The smallest absolute Gasteiger partial charge is 0.248 e. The Morgan fingerprint density at radius 2 is 1.88 bits per heavy atom. The molecule has 1 aliphatic rings. The van der Waals surface area contributed by atoms with Crippen molar-refractivity contribution in [1.29, 1.82) is 0 Å². The number of aryl methyl sites for hydroxylation is 1. The lowest BCUT2D eigenvalue weighted by molar-refractivity contribution is -0.0395. The zero-order valence-electron chi connectivity index (χ0n) is 14.2. The fourth-order valence-electron chi connectivity index (χ4n) is 3.59. The number of rotatable bonds is 2. The van der Waals surface area contributed by atoms with E-state index in [2.05, 4.69) is 0 Å². The predicted molar refractivity (Wildman–Crippen MR) is 88.7 cm³/mol. The number of halogens is 2. The SMILES string of the molecule is Cc1cc(C(C)O)c2oc(C3CCC(F)(F)CC3)c(C)c(=O)c2c1. The summed E-state index contributed by atoms with van der Waals surface area (Å²) in [5, 5.41) is 10.5. The first-order chi connectivity index (χ1) is 11.2. The van der Waals surface area contributed by atoms with Gasteiger partial charge in [0.2, 0.25) is 5.92 Å². The van der Waals surface area contributed by atoms with Gasteiger partial charge in [0.05, 0.1) is 11.5 Å². The van der Waals surface area contributed by atoms with Gasteiger partial charge in [0.25, 0.3) is 0 Å². The van der Waals surface area contributed by atoms with Gasteiger partial charge in [-0.3, -0.25) is 4.79 Å². The summed E-state index contributed by atoms with van der Waals surface area (Å²) >= 11 is 0. The number of hydrogen-bond acceptors (Lipinski definition) is 3. The molecular formula is C19H22F2O3. The standard InChI is InChI=1S/C19H22F2O3/c1-10-8-14(12(3)22)18-15(9-10)16(23)11(2)17(24-18)13-4-6-19(20,21)7-5-13/h8-9,12-13,22H,4-7H2,1-3H3. The number of aliphatic hydroxyl groups excluding tert-OH is 1. The van der Waals surface area contributed by atoms with E-state index in [1.54, 1.807) is 26.0 Å². The van der Waals surface area contributed by atoms with Gasteiger partial charge in [-0.05, 0) is 51.3 Å². The van der Waals surface area contributed by atoms with Gasteiger partial charge in [-0.2, -0.15) is 0 Å². The van der Waals surface area contributed by atoms with Crippen LogP contribution in [0.2, 0.25) is 0 Å². The monoisotopic (exact) mass is 336 g/mol. The Morgan fingerprint density at radius 1 is 1.25 bits per heavy atom. The van der Waals surface area contributed by atoms with Crippen LogP contribution in [-0.2, 0) is 0 Å². The third-order valence-electron chi connectivity index (χ3n) is 4.97. The molecule has 1 N–H and O–H groups in total. The van der Waals surface area contributed by atoms with E-state index in [-0.39, 0.29) is 24.2 Å². The van der Waals surface area contributed by atoms with E-state index < -0.39 is 12.0 Å². The summed E-state index contributed by atoms with van der Waals surface area (Å²) in [4.78, 5) is 12.8. The van der Waals surface area contributed by atoms with E-state index in [1.165, 1.54) is 0 Å². The van der Waals surface area contributed by atoms with Crippen LogP contribution in [-0.4, -0.2) is 11.0 Å². The lowest BCUT2D eigenvalue weighted by Crippen LogP contribution is -2.25. The molecule has 130 valence electrons. The third-order valence-corrected chi connectivity index (χ3v) is 4.97. The van der Waals surface area contributed by atoms with Crippen LogP contribution in [0.15, 0.2) is 21.3 Å². The van der Waals surface area contributed by atoms with Crippen molar-refractivity contribution in [3.63, 3.8) is 0 Å². The van der Waals surface area contributed by atoms with Crippen LogP contribution in [0.1, 0.15) is 67.1 Å². The summed E-state index contributed by atoms with van der Waals surface area (Å²) in [6, 6.07) is 3.54. The minimum atomic E-state index is -2.62. The molecule has 1 aromatic heterocycles. The van der Waals surface area contributed by atoms with Gasteiger partial charge in [-0.25, -0.2) is 8.78 Å². The Bertz CT molecular complexity index is 827. The molecule has 3 rings (SSSR count). The van der Waals surface area contributed by atoms with Crippen LogP contribution >= 0.6 is 0 Å². The third kappa shape index (κ3) is 2.97. The Morgan fingerprint density at radius 3 is 2.46 bits per heavy atom. The molecule has 0 saturated heterocycles. The summed E-state index contributed by atoms with van der Waals surface area (Å²) in [6.45, 7) is 5.17. The van der Waals surface area contributed by atoms with Gasteiger partial charge >= 0.3 is 0 Å². The van der Waals surface area contributed by atoms with Crippen LogP contribution in [0.3, 0.4) is 0 Å². The largest absolute Gasteiger partial charge is 0.460 e. The van der Waals surface area contributed by atoms with Crippen LogP contribution in [0, 0.1) is 13.8 Å². The first kappa shape index (κ1) is 17.1. The van der Waals surface area contributed by atoms with Crippen molar-refractivity contribution in [2.24, 2.45) is 0 Å². The quantitative estimate of drug-likeness (QED) is 0.860. The zero-order valence-corrected chi connectivity index (χ0v) is 14.2. The van der Waals surface area contributed by atoms with Crippen molar-refractivity contribution in [2.45, 2.75) is 64.4 Å². The van der Waals surface area contributed by atoms with E-state index in [4.69, 9.17) is 4.42 Å². The molecule has 1 unspecified atom stereocenters. The van der Waals surface area contributed by atoms with Gasteiger partial charge in [0, 0.05) is 29.9 Å². The molecule has 1 heterocycles. The predicted octanol–water partition coefficient (Wildman–Crippen LogP) is 4.76. The maximum atomic E-state index is 13.4.